The number of piperazine rings is 1. The fourth-order valence-corrected chi connectivity index (χ4v) is 3.27. The number of rotatable bonds is 6. The van der Waals surface area contributed by atoms with Crippen molar-refractivity contribution in [3.63, 3.8) is 0 Å². The van der Waals surface area contributed by atoms with Crippen molar-refractivity contribution in [3.05, 3.63) is 53.8 Å². The lowest BCUT2D eigenvalue weighted by Gasteiger charge is -2.35. The average molecular weight is 406 g/mol. The summed E-state index contributed by atoms with van der Waals surface area (Å²) in [6.07, 6.45) is 0. The highest BCUT2D eigenvalue weighted by molar-refractivity contribution is 5.96. The lowest BCUT2D eigenvalue weighted by molar-refractivity contribution is -0.116. The summed E-state index contributed by atoms with van der Waals surface area (Å²) in [5.41, 5.74) is 1.45. The van der Waals surface area contributed by atoms with E-state index in [1.807, 2.05) is 24.3 Å². The van der Waals surface area contributed by atoms with Gasteiger partial charge in [-0.15, -0.1) is 0 Å². The maximum atomic E-state index is 13.7. The maximum Gasteiger partial charge on any atom is 0.246 e. The number of amides is 1. The zero-order chi connectivity index (χ0) is 21.0. The SMILES string of the molecule is CCN1CCN(c2ccc(N[C@@H](C)C(=O)Nc3ccc(F)c(F)c3F)cc2)CC1. The van der Waals surface area contributed by atoms with E-state index >= 15 is 0 Å². The molecule has 0 unspecified atom stereocenters. The van der Waals surface area contributed by atoms with E-state index < -0.39 is 35.1 Å². The highest BCUT2D eigenvalue weighted by Crippen LogP contribution is 2.22. The molecule has 0 radical (unpaired) electrons. The minimum Gasteiger partial charge on any atom is -0.374 e. The molecule has 1 aliphatic rings. The molecule has 0 spiro atoms. The van der Waals surface area contributed by atoms with E-state index in [-0.39, 0.29) is 0 Å². The van der Waals surface area contributed by atoms with Crippen molar-refractivity contribution in [2.75, 3.05) is 48.3 Å². The van der Waals surface area contributed by atoms with Gasteiger partial charge in [-0.3, -0.25) is 4.79 Å². The highest BCUT2D eigenvalue weighted by Gasteiger charge is 2.19. The Labute approximate surface area is 168 Å². The zero-order valence-corrected chi connectivity index (χ0v) is 16.5. The predicted molar refractivity (Wildman–Crippen MR) is 109 cm³/mol. The number of carbonyl (C=O) groups is 1. The molecule has 0 saturated carbocycles. The van der Waals surface area contributed by atoms with Gasteiger partial charge in [0.1, 0.15) is 6.04 Å². The fraction of sp³-hybridized carbons (Fsp3) is 0.381. The van der Waals surface area contributed by atoms with E-state index in [2.05, 4.69) is 27.4 Å². The number of anilines is 3. The molecule has 1 aliphatic heterocycles. The third kappa shape index (κ3) is 5.00. The molecule has 1 fully saturated rings. The van der Waals surface area contributed by atoms with Crippen molar-refractivity contribution in [2.45, 2.75) is 19.9 Å². The number of benzene rings is 2. The Bertz CT molecular complexity index is 852. The summed E-state index contributed by atoms with van der Waals surface area (Å²) in [6.45, 7) is 8.84. The van der Waals surface area contributed by atoms with E-state index in [9.17, 15) is 18.0 Å². The van der Waals surface area contributed by atoms with Crippen molar-refractivity contribution in [1.29, 1.82) is 0 Å². The monoisotopic (exact) mass is 406 g/mol. The van der Waals surface area contributed by atoms with Gasteiger partial charge in [0.25, 0.3) is 0 Å². The Morgan fingerprint density at radius 2 is 1.66 bits per heavy atom. The van der Waals surface area contributed by atoms with Gasteiger partial charge in [-0.2, -0.15) is 0 Å². The molecule has 1 saturated heterocycles. The fourth-order valence-electron chi connectivity index (χ4n) is 3.27. The zero-order valence-electron chi connectivity index (χ0n) is 16.5. The standard InChI is InChI=1S/C21H25F3N4O/c1-3-27-10-12-28(13-11-27)16-6-4-15(5-7-16)25-14(2)21(29)26-18-9-8-17(22)19(23)20(18)24/h4-9,14,25H,3,10-13H2,1-2H3,(H,26,29)/t14-/m0/s1. The van der Waals surface area contributed by atoms with E-state index in [1.165, 1.54) is 0 Å². The van der Waals surface area contributed by atoms with Gasteiger partial charge in [-0.05, 0) is 49.9 Å². The van der Waals surface area contributed by atoms with Crippen LogP contribution in [0.2, 0.25) is 0 Å². The van der Waals surface area contributed by atoms with E-state index in [1.54, 1.807) is 6.92 Å². The topological polar surface area (TPSA) is 47.6 Å². The molecule has 29 heavy (non-hydrogen) atoms. The van der Waals surface area contributed by atoms with Gasteiger partial charge in [0, 0.05) is 37.6 Å². The van der Waals surface area contributed by atoms with Crippen LogP contribution in [0.25, 0.3) is 0 Å². The first-order chi connectivity index (χ1) is 13.9. The number of nitrogens with one attached hydrogen (secondary N) is 2. The molecule has 2 aromatic carbocycles. The van der Waals surface area contributed by atoms with Gasteiger partial charge in [0.2, 0.25) is 5.91 Å². The molecule has 3 rings (SSSR count). The van der Waals surface area contributed by atoms with E-state index in [4.69, 9.17) is 0 Å². The van der Waals surface area contributed by atoms with Crippen LogP contribution in [0.5, 0.6) is 0 Å². The van der Waals surface area contributed by atoms with Crippen molar-refractivity contribution < 1.29 is 18.0 Å². The van der Waals surface area contributed by atoms with E-state index in [0.717, 1.165) is 56.2 Å². The van der Waals surface area contributed by atoms with Crippen molar-refractivity contribution in [3.8, 4) is 0 Å². The first kappa shape index (κ1) is 21.0. The molecule has 0 aromatic heterocycles. The van der Waals surface area contributed by atoms with Crippen molar-refractivity contribution >= 4 is 23.0 Å². The lowest BCUT2D eigenvalue weighted by Crippen LogP contribution is -2.46. The van der Waals surface area contributed by atoms with Gasteiger partial charge in [0.05, 0.1) is 5.69 Å². The molecule has 0 aliphatic carbocycles. The second-order valence-electron chi connectivity index (χ2n) is 7.05. The second-order valence-corrected chi connectivity index (χ2v) is 7.05. The third-order valence-electron chi connectivity index (χ3n) is 5.12. The van der Waals surface area contributed by atoms with Crippen LogP contribution in [0.1, 0.15) is 13.8 Å². The number of hydrogen-bond acceptors (Lipinski definition) is 4. The molecule has 0 bridgehead atoms. The summed E-state index contributed by atoms with van der Waals surface area (Å²) in [4.78, 5) is 17.0. The van der Waals surface area contributed by atoms with Crippen molar-refractivity contribution in [1.82, 2.24) is 4.90 Å². The Hall–Kier alpha value is -2.74. The number of hydrogen-bond donors (Lipinski definition) is 2. The van der Waals surface area contributed by atoms with Gasteiger partial charge >= 0.3 is 0 Å². The number of likely N-dealkylation sites (N-methyl/N-ethyl adjacent to an activating group) is 1. The maximum absolute atomic E-state index is 13.7. The minimum atomic E-state index is -1.61. The normalized spacial score (nSPS) is 15.8. The molecule has 2 N–H and O–H groups in total. The van der Waals surface area contributed by atoms with Crippen LogP contribution in [0.15, 0.2) is 36.4 Å². The van der Waals surface area contributed by atoms with Crippen LogP contribution in [-0.4, -0.2) is 49.6 Å². The van der Waals surface area contributed by atoms with Gasteiger partial charge in [-0.1, -0.05) is 6.92 Å². The van der Waals surface area contributed by atoms with Crippen LogP contribution in [0, 0.1) is 17.5 Å². The van der Waals surface area contributed by atoms with Gasteiger partial charge in [0.15, 0.2) is 17.5 Å². The number of carbonyl (C=O) groups excluding carboxylic acids is 1. The quantitative estimate of drug-likeness (QED) is 0.719. The largest absolute Gasteiger partial charge is 0.374 e. The van der Waals surface area contributed by atoms with Crippen LogP contribution in [0.3, 0.4) is 0 Å². The van der Waals surface area contributed by atoms with Crippen molar-refractivity contribution in [2.24, 2.45) is 0 Å². The number of nitrogens with zero attached hydrogens (tertiary/aromatic N) is 2. The molecule has 156 valence electrons. The summed E-state index contributed by atoms with van der Waals surface area (Å²) >= 11 is 0. The molecule has 1 heterocycles. The smallest absolute Gasteiger partial charge is 0.246 e. The molecule has 1 atom stereocenters. The summed E-state index contributed by atoms with van der Waals surface area (Å²) in [5, 5.41) is 5.30. The summed E-state index contributed by atoms with van der Waals surface area (Å²) in [5.74, 6) is -4.89. The van der Waals surface area contributed by atoms with Gasteiger partial charge < -0.3 is 20.4 Å². The van der Waals surface area contributed by atoms with E-state index in [0.29, 0.717) is 0 Å². The van der Waals surface area contributed by atoms with Crippen LogP contribution in [-0.2, 0) is 4.79 Å². The summed E-state index contributed by atoms with van der Waals surface area (Å²) < 4.78 is 40.0. The predicted octanol–water partition coefficient (Wildman–Crippen LogP) is 3.68. The first-order valence-electron chi connectivity index (χ1n) is 9.67. The molecule has 5 nitrogen and oxygen atoms in total. The molecular formula is C21H25F3N4O. The highest BCUT2D eigenvalue weighted by atomic mass is 19.2. The lowest BCUT2D eigenvalue weighted by atomic mass is 10.2. The minimum absolute atomic E-state index is 0.399. The first-order valence-corrected chi connectivity index (χ1v) is 9.67. The molecule has 1 amide bonds. The van der Waals surface area contributed by atoms with Crippen LogP contribution < -0.4 is 15.5 Å². The molecule has 2 aromatic rings. The Balaban J connectivity index is 1.57. The summed E-state index contributed by atoms with van der Waals surface area (Å²) in [6, 6.07) is 8.79. The van der Waals surface area contributed by atoms with Crippen LogP contribution >= 0.6 is 0 Å². The van der Waals surface area contributed by atoms with Crippen LogP contribution in [0.4, 0.5) is 30.2 Å². The second kappa shape index (κ2) is 9.17. The van der Waals surface area contributed by atoms with Gasteiger partial charge in [-0.25, -0.2) is 13.2 Å². The summed E-state index contributed by atoms with van der Waals surface area (Å²) in [7, 11) is 0. The Kier molecular flexibility index (Phi) is 6.64. The Morgan fingerprint density at radius 3 is 2.28 bits per heavy atom. The Morgan fingerprint density at radius 1 is 1.00 bits per heavy atom. The number of halogens is 3. The third-order valence-corrected chi connectivity index (χ3v) is 5.12. The molecular weight excluding hydrogens is 381 g/mol. The molecule has 8 heteroatoms. The average Bonchev–Trinajstić information content (AvgIpc) is 2.74.